The van der Waals surface area contributed by atoms with Crippen LogP contribution in [0.5, 0.6) is 0 Å². The third-order valence-corrected chi connectivity index (χ3v) is 3.80. The molecule has 0 saturated carbocycles. The molecule has 0 atom stereocenters. The molecule has 2 heterocycles. The number of rotatable bonds is 5. The molecular weight excluding hydrogens is 344 g/mol. The molecule has 26 heavy (non-hydrogen) atoms. The first-order chi connectivity index (χ1) is 12.6. The molecule has 2 aromatic rings. The minimum Gasteiger partial charge on any atom is -0.378 e. The lowest BCUT2D eigenvalue weighted by Gasteiger charge is -2.28. The number of nitro groups is 1. The van der Waals surface area contributed by atoms with Gasteiger partial charge in [-0.25, -0.2) is 10.1 Å². The first-order valence-electron chi connectivity index (χ1n) is 7.80. The van der Waals surface area contributed by atoms with E-state index >= 15 is 0 Å². The van der Waals surface area contributed by atoms with Crippen LogP contribution in [0.1, 0.15) is 21.7 Å². The Kier molecular flexibility index (Phi) is 5.17. The SMILES string of the molecule is Cc1nonc1C(=O)N/N=C\c1ccc(N2CCOCC2)c([N+](=O)[O-])c1. The quantitative estimate of drug-likeness (QED) is 0.471. The van der Waals surface area contributed by atoms with E-state index in [2.05, 4.69) is 25.5 Å². The second-order valence-corrected chi connectivity index (χ2v) is 5.50. The third kappa shape index (κ3) is 3.83. The van der Waals surface area contributed by atoms with Gasteiger partial charge in [-0.2, -0.15) is 5.10 Å². The summed E-state index contributed by atoms with van der Waals surface area (Å²) in [6, 6.07) is 4.76. The summed E-state index contributed by atoms with van der Waals surface area (Å²) in [5.41, 5.74) is 3.61. The van der Waals surface area contributed by atoms with E-state index in [1.807, 2.05) is 4.90 Å². The maximum Gasteiger partial charge on any atom is 0.295 e. The molecule has 1 aliphatic heterocycles. The molecule has 1 N–H and O–H groups in total. The predicted molar refractivity (Wildman–Crippen MR) is 90.2 cm³/mol. The van der Waals surface area contributed by atoms with Crippen molar-refractivity contribution in [1.82, 2.24) is 15.7 Å². The fourth-order valence-electron chi connectivity index (χ4n) is 2.49. The number of nitro benzene ring substituents is 1. The summed E-state index contributed by atoms with van der Waals surface area (Å²) in [5, 5.41) is 22.2. The fourth-order valence-corrected chi connectivity index (χ4v) is 2.49. The van der Waals surface area contributed by atoms with Crippen LogP contribution in [0, 0.1) is 17.0 Å². The van der Waals surface area contributed by atoms with Gasteiger partial charge in [-0.05, 0) is 18.1 Å². The molecule has 11 nitrogen and oxygen atoms in total. The summed E-state index contributed by atoms with van der Waals surface area (Å²) in [7, 11) is 0. The van der Waals surface area contributed by atoms with Gasteiger partial charge in [0.05, 0.1) is 24.4 Å². The zero-order valence-electron chi connectivity index (χ0n) is 13.9. The van der Waals surface area contributed by atoms with E-state index in [0.717, 1.165) is 0 Å². The Balaban J connectivity index is 1.74. The van der Waals surface area contributed by atoms with Crippen molar-refractivity contribution in [1.29, 1.82) is 0 Å². The van der Waals surface area contributed by atoms with Gasteiger partial charge in [0, 0.05) is 24.7 Å². The first kappa shape index (κ1) is 17.5. The van der Waals surface area contributed by atoms with Crippen molar-refractivity contribution in [2.24, 2.45) is 5.10 Å². The van der Waals surface area contributed by atoms with Crippen LogP contribution in [0.4, 0.5) is 11.4 Å². The number of nitrogens with one attached hydrogen (secondary N) is 1. The number of hydrazone groups is 1. The number of aryl methyl sites for hydroxylation is 1. The number of carbonyl (C=O) groups is 1. The van der Waals surface area contributed by atoms with E-state index in [-0.39, 0.29) is 11.4 Å². The lowest BCUT2D eigenvalue weighted by Crippen LogP contribution is -2.36. The van der Waals surface area contributed by atoms with E-state index < -0.39 is 10.8 Å². The second kappa shape index (κ2) is 7.70. The minimum atomic E-state index is -0.584. The van der Waals surface area contributed by atoms with Crippen molar-refractivity contribution < 1.29 is 19.1 Å². The van der Waals surface area contributed by atoms with Crippen molar-refractivity contribution in [3.63, 3.8) is 0 Å². The molecule has 1 aromatic heterocycles. The molecule has 11 heteroatoms. The zero-order chi connectivity index (χ0) is 18.5. The average molecular weight is 360 g/mol. The van der Waals surface area contributed by atoms with Crippen molar-refractivity contribution in [2.45, 2.75) is 6.92 Å². The topological polar surface area (TPSA) is 136 Å². The summed E-state index contributed by atoms with van der Waals surface area (Å²) < 4.78 is 9.71. The summed E-state index contributed by atoms with van der Waals surface area (Å²) in [4.78, 5) is 24.7. The lowest BCUT2D eigenvalue weighted by molar-refractivity contribution is -0.384. The van der Waals surface area contributed by atoms with Gasteiger partial charge in [0.2, 0.25) is 0 Å². The molecule has 0 aliphatic carbocycles. The van der Waals surface area contributed by atoms with Crippen LogP contribution < -0.4 is 10.3 Å². The molecule has 0 spiro atoms. The number of aromatic nitrogens is 2. The van der Waals surface area contributed by atoms with E-state index in [1.54, 1.807) is 19.1 Å². The molecular formula is C15H16N6O5. The number of anilines is 1. The summed E-state index contributed by atoms with van der Waals surface area (Å²) >= 11 is 0. The number of hydrogen-bond donors (Lipinski definition) is 1. The number of amides is 1. The molecule has 0 unspecified atom stereocenters. The molecule has 1 aliphatic rings. The molecule has 1 fully saturated rings. The lowest BCUT2D eigenvalue weighted by atomic mass is 10.1. The highest BCUT2D eigenvalue weighted by molar-refractivity contribution is 5.94. The van der Waals surface area contributed by atoms with Gasteiger partial charge < -0.3 is 9.64 Å². The van der Waals surface area contributed by atoms with Crippen LogP contribution in [0.25, 0.3) is 0 Å². The zero-order valence-corrected chi connectivity index (χ0v) is 13.9. The van der Waals surface area contributed by atoms with Gasteiger partial charge in [-0.3, -0.25) is 14.9 Å². The minimum absolute atomic E-state index is 0.0239. The molecule has 0 radical (unpaired) electrons. The van der Waals surface area contributed by atoms with E-state index in [1.165, 1.54) is 12.3 Å². The van der Waals surface area contributed by atoms with Crippen LogP contribution in [-0.2, 0) is 4.74 Å². The molecule has 0 bridgehead atoms. The van der Waals surface area contributed by atoms with E-state index in [0.29, 0.717) is 43.2 Å². The monoisotopic (exact) mass is 360 g/mol. The van der Waals surface area contributed by atoms with Crippen LogP contribution in [0.2, 0.25) is 0 Å². The average Bonchev–Trinajstić information content (AvgIpc) is 3.08. The van der Waals surface area contributed by atoms with Gasteiger partial charge in [0.15, 0.2) is 5.69 Å². The van der Waals surface area contributed by atoms with E-state index in [4.69, 9.17) is 4.74 Å². The molecule has 3 rings (SSSR count). The fraction of sp³-hybridized carbons (Fsp3) is 0.333. The van der Waals surface area contributed by atoms with Crippen LogP contribution >= 0.6 is 0 Å². The number of ether oxygens (including phenoxy) is 1. The summed E-state index contributed by atoms with van der Waals surface area (Å²) in [6.45, 7) is 3.82. The Morgan fingerprint density at radius 3 is 2.81 bits per heavy atom. The maximum absolute atomic E-state index is 11.8. The smallest absolute Gasteiger partial charge is 0.295 e. The van der Waals surface area contributed by atoms with Crippen LogP contribution in [0.15, 0.2) is 27.9 Å². The Morgan fingerprint density at radius 1 is 1.38 bits per heavy atom. The standard InChI is InChI=1S/C15H16N6O5/c1-10-14(19-26-18-10)15(22)17-16-9-11-2-3-12(13(8-11)21(23)24)20-4-6-25-7-5-20/h2-3,8-9H,4-7H2,1H3,(H,17,22)/b16-9-. The Bertz CT molecular complexity index is 843. The highest BCUT2D eigenvalue weighted by Gasteiger charge is 2.21. The van der Waals surface area contributed by atoms with Gasteiger partial charge in [0.1, 0.15) is 11.4 Å². The van der Waals surface area contributed by atoms with Gasteiger partial charge in [-0.15, -0.1) is 0 Å². The molecule has 136 valence electrons. The second-order valence-electron chi connectivity index (χ2n) is 5.50. The third-order valence-electron chi connectivity index (χ3n) is 3.80. The first-order valence-corrected chi connectivity index (χ1v) is 7.80. The number of carbonyl (C=O) groups excluding carboxylic acids is 1. The Hall–Kier alpha value is -3.34. The highest BCUT2D eigenvalue weighted by Crippen LogP contribution is 2.29. The normalized spacial score (nSPS) is 14.6. The van der Waals surface area contributed by atoms with Crippen molar-refractivity contribution in [3.05, 3.63) is 45.3 Å². The van der Waals surface area contributed by atoms with E-state index in [9.17, 15) is 14.9 Å². The highest BCUT2D eigenvalue weighted by atomic mass is 16.6. The number of morpholine rings is 1. The van der Waals surface area contributed by atoms with Crippen molar-refractivity contribution in [2.75, 3.05) is 31.2 Å². The Labute approximate surface area is 147 Å². The van der Waals surface area contributed by atoms with Gasteiger partial charge >= 0.3 is 0 Å². The predicted octanol–water partition coefficient (Wildman–Crippen LogP) is 0.887. The van der Waals surface area contributed by atoms with Gasteiger partial charge in [0.25, 0.3) is 11.6 Å². The maximum atomic E-state index is 11.8. The molecule has 1 aromatic carbocycles. The molecule has 1 saturated heterocycles. The number of hydrogen-bond acceptors (Lipinski definition) is 9. The molecule has 1 amide bonds. The largest absolute Gasteiger partial charge is 0.378 e. The van der Waals surface area contributed by atoms with Gasteiger partial charge in [-0.1, -0.05) is 11.2 Å². The number of nitrogens with zero attached hydrogens (tertiary/aromatic N) is 5. The summed E-state index contributed by atoms with van der Waals surface area (Å²) in [6.07, 6.45) is 1.32. The van der Waals surface area contributed by atoms with Crippen molar-refractivity contribution >= 4 is 23.5 Å². The number of benzene rings is 1. The summed E-state index contributed by atoms with van der Waals surface area (Å²) in [5.74, 6) is -0.584. The Morgan fingerprint density at radius 2 is 2.15 bits per heavy atom. The van der Waals surface area contributed by atoms with Crippen LogP contribution in [-0.4, -0.2) is 53.7 Å². The van der Waals surface area contributed by atoms with Crippen LogP contribution in [0.3, 0.4) is 0 Å². The van der Waals surface area contributed by atoms with Crippen molar-refractivity contribution in [3.8, 4) is 0 Å².